The Morgan fingerprint density at radius 1 is 1.19 bits per heavy atom. The number of aryl methyl sites for hydroxylation is 3. The Kier molecular flexibility index (Phi) is 6.13. The van der Waals surface area contributed by atoms with Crippen molar-refractivity contribution in [3.05, 3.63) is 47.4 Å². The number of fused-ring (bicyclic) bond motifs is 1. The minimum absolute atomic E-state index is 0.0213. The van der Waals surface area contributed by atoms with Gasteiger partial charge in [0, 0.05) is 67.5 Å². The number of nitrogens with one attached hydrogen (secondary N) is 1. The number of carbonyl (C=O) groups excluding carboxylic acids is 1. The van der Waals surface area contributed by atoms with Gasteiger partial charge in [-0.3, -0.25) is 9.48 Å². The van der Waals surface area contributed by atoms with E-state index in [1.165, 1.54) is 4.31 Å². The first-order chi connectivity index (χ1) is 15.2. The van der Waals surface area contributed by atoms with E-state index in [1.807, 2.05) is 43.9 Å². The van der Waals surface area contributed by atoms with Crippen LogP contribution >= 0.6 is 0 Å². The van der Waals surface area contributed by atoms with Gasteiger partial charge in [-0.15, -0.1) is 0 Å². The molecule has 0 radical (unpaired) electrons. The maximum absolute atomic E-state index is 13.2. The van der Waals surface area contributed by atoms with Crippen LogP contribution in [-0.4, -0.2) is 46.1 Å². The van der Waals surface area contributed by atoms with Gasteiger partial charge in [0.1, 0.15) is 0 Å². The van der Waals surface area contributed by atoms with E-state index in [-0.39, 0.29) is 11.8 Å². The number of nitrogens with zero attached hydrogens (tertiary/aromatic N) is 4. The fourth-order valence-corrected chi connectivity index (χ4v) is 6.02. The van der Waals surface area contributed by atoms with E-state index in [2.05, 4.69) is 21.9 Å². The molecule has 0 atom stereocenters. The molecule has 1 fully saturated rings. The van der Waals surface area contributed by atoms with Crippen LogP contribution in [0.25, 0.3) is 10.9 Å². The highest BCUT2D eigenvalue weighted by molar-refractivity contribution is 7.89. The van der Waals surface area contributed by atoms with Gasteiger partial charge in [-0.05, 0) is 57.9 Å². The molecule has 172 valence electrons. The molecule has 4 rings (SSSR count). The Balaban J connectivity index is 1.38. The maximum atomic E-state index is 13.2. The third-order valence-corrected chi connectivity index (χ3v) is 8.54. The standard InChI is InChI=1S/C23H31N5O3S/c1-5-27-11-8-19-14-20(6-7-22(19)27)32(30,31)28-12-9-18(10-13-28)23(29)24-15-21-16(2)25-26(4)17(21)3/h6-8,11,14,18H,5,9-10,12-13,15H2,1-4H3,(H,24,29). The van der Waals surface area contributed by atoms with Crippen LogP contribution in [-0.2, 0) is 35.0 Å². The van der Waals surface area contributed by atoms with Crippen molar-refractivity contribution in [1.82, 2.24) is 24.0 Å². The van der Waals surface area contributed by atoms with Gasteiger partial charge in [0.05, 0.1) is 10.6 Å². The van der Waals surface area contributed by atoms with Crippen LogP contribution < -0.4 is 5.32 Å². The molecule has 1 aromatic carbocycles. The quantitative estimate of drug-likeness (QED) is 0.616. The highest BCUT2D eigenvalue weighted by Crippen LogP contribution is 2.27. The number of piperidine rings is 1. The summed E-state index contributed by atoms with van der Waals surface area (Å²) in [6, 6.07) is 7.24. The lowest BCUT2D eigenvalue weighted by atomic mass is 9.97. The van der Waals surface area contributed by atoms with Crippen molar-refractivity contribution in [1.29, 1.82) is 0 Å². The number of benzene rings is 1. The molecule has 3 aromatic rings. The lowest BCUT2D eigenvalue weighted by Gasteiger charge is -2.30. The Bertz CT molecular complexity index is 1250. The van der Waals surface area contributed by atoms with Crippen molar-refractivity contribution in [2.24, 2.45) is 13.0 Å². The molecule has 32 heavy (non-hydrogen) atoms. The lowest BCUT2D eigenvalue weighted by molar-refractivity contribution is -0.126. The summed E-state index contributed by atoms with van der Waals surface area (Å²) in [6.45, 7) is 7.96. The minimum atomic E-state index is -3.58. The van der Waals surface area contributed by atoms with E-state index in [9.17, 15) is 13.2 Å². The number of hydrogen-bond acceptors (Lipinski definition) is 4. The first kappa shape index (κ1) is 22.5. The molecular formula is C23H31N5O3S. The first-order valence-electron chi connectivity index (χ1n) is 11.1. The van der Waals surface area contributed by atoms with Crippen molar-refractivity contribution in [2.45, 2.75) is 51.6 Å². The SMILES string of the molecule is CCn1ccc2cc(S(=O)(=O)N3CCC(C(=O)NCc4c(C)nn(C)c4C)CC3)ccc21. The minimum Gasteiger partial charge on any atom is -0.352 e. The number of rotatable bonds is 6. The van der Waals surface area contributed by atoms with E-state index in [0.717, 1.165) is 34.4 Å². The van der Waals surface area contributed by atoms with Crippen LogP contribution in [0.5, 0.6) is 0 Å². The summed E-state index contributed by atoms with van der Waals surface area (Å²) in [7, 11) is -1.69. The van der Waals surface area contributed by atoms with Crippen LogP contribution in [0.2, 0.25) is 0 Å². The highest BCUT2D eigenvalue weighted by Gasteiger charge is 2.32. The summed E-state index contributed by atoms with van der Waals surface area (Å²) in [5.41, 5.74) is 4.02. The predicted molar refractivity (Wildman–Crippen MR) is 124 cm³/mol. The van der Waals surface area contributed by atoms with Gasteiger partial charge in [-0.2, -0.15) is 9.40 Å². The van der Waals surface area contributed by atoms with Crippen molar-refractivity contribution in [3.8, 4) is 0 Å². The number of aromatic nitrogens is 3. The average Bonchev–Trinajstić information content (AvgIpc) is 3.31. The van der Waals surface area contributed by atoms with Crippen molar-refractivity contribution in [3.63, 3.8) is 0 Å². The van der Waals surface area contributed by atoms with Crippen LogP contribution in [0.3, 0.4) is 0 Å². The summed E-state index contributed by atoms with van der Waals surface area (Å²) in [5, 5.41) is 8.32. The largest absolute Gasteiger partial charge is 0.352 e. The molecule has 1 saturated heterocycles. The van der Waals surface area contributed by atoms with Gasteiger partial charge < -0.3 is 9.88 Å². The molecule has 0 saturated carbocycles. The number of sulfonamides is 1. The Morgan fingerprint density at radius 2 is 1.91 bits per heavy atom. The molecule has 1 aliphatic heterocycles. The van der Waals surface area contributed by atoms with Gasteiger partial charge in [0.2, 0.25) is 15.9 Å². The summed E-state index contributed by atoms with van der Waals surface area (Å²) in [5.74, 6) is -0.202. The maximum Gasteiger partial charge on any atom is 0.243 e. The van der Waals surface area contributed by atoms with E-state index in [0.29, 0.717) is 37.4 Å². The zero-order valence-corrected chi connectivity index (χ0v) is 19.9. The van der Waals surface area contributed by atoms with E-state index in [4.69, 9.17) is 0 Å². The molecule has 8 nitrogen and oxygen atoms in total. The molecule has 1 amide bonds. The van der Waals surface area contributed by atoms with Crippen LogP contribution in [0.4, 0.5) is 0 Å². The van der Waals surface area contributed by atoms with Crippen LogP contribution in [0, 0.1) is 19.8 Å². The summed E-state index contributed by atoms with van der Waals surface area (Å²) < 4.78 is 31.8. The third-order valence-electron chi connectivity index (χ3n) is 6.64. The summed E-state index contributed by atoms with van der Waals surface area (Å²) in [4.78, 5) is 13.0. The first-order valence-corrected chi connectivity index (χ1v) is 12.5. The molecule has 0 aliphatic carbocycles. The van der Waals surface area contributed by atoms with Gasteiger partial charge in [0.15, 0.2) is 0 Å². The topological polar surface area (TPSA) is 89.2 Å². The second kappa shape index (κ2) is 8.71. The van der Waals surface area contributed by atoms with Crippen molar-refractivity contribution >= 4 is 26.8 Å². The lowest BCUT2D eigenvalue weighted by Crippen LogP contribution is -2.42. The normalized spacial score (nSPS) is 16.0. The Labute approximate surface area is 189 Å². The molecule has 3 heterocycles. The van der Waals surface area contributed by atoms with Crippen LogP contribution in [0.15, 0.2) is 35.4 Å². The molecular weight excluding hydrogens is 426 g/mol. The number of amides is 1. The molecule has 0 bridgehead atoms. The second-order valence-corrected chi connectivity index (χ2v) is 10.4. The van der Waals surface area contributed by atoms with E-state index >= 15 is 0 Å². The van der Waals surface area contributed by atoms with Crippen LogP contribution in [0.1, 0.15) is 36.7 Å². The van der Waals surface area contributed by atoms with Gasteiger partial charge in [-0.1, -0.05) is 0 Å². The fourth-order valence-electron chi connectivity index (χ4n) is 4.52. The summed E-state index contributed by atoms with van der Waals surface area (Å²) >= 11 is 0. The van der Waals surface area contributed by atoms with Gasteiger partial charge >= 0.3 is 0 Å². The Hall–Kier alpha value is -2.65. The zero-order chi connectivity index (χ0) is 23.0. The second-order valence-electron chi connectivity index (χ2n) is 8.49. The number of hydrogen-bond donors (Lipinski definition) is 1. The highest BCUT2D eigenvalue weighted by atomic mass is 32.2. The molecule has 9 heteroatoms. The van der Waals surface area contributed by atoms with Gasteiger partial charge in [0.25, 0.3) is 0 Å². The monoisotopic (exact) mass is 457 g/mol. The zero-order valence-electron chi connectivity index (χ0n) is 19.1. The van der Waals surface area contributed by atoms with E-state index in [1.54, 1.807) is 12.1 Å². The van der Waals surface area contributed by atoms with Crippen molar-refractivity contribution in [2.75, 3.05) is 13.1 Å². The number of carbonyl (C=O) groups is 1. The predicted octanol–water partition coefficient (Wildman–Crippen LogP) is 2.73. The molecule has 0 spiro atoms. The van der Waals surface area contributed by atoms with Gasteiger partial charge in [-0.25, -0.2) is 8.42 Å². The molecule has 1 N–H and O–H groups in total. The molecule has 2 aromatic heterocycles. The smallest absolute Gasteiger partial charge is 0.243 e. The third kappa shape index (κ3) is 4.06. The molecule has 0 unspecified atom stereocenters. The van der Waals surface area contributed by atoms with Crippen molar-refractivity contribution < 1.29 is 13.2 Å². The summed E-state index contributed by atoms with van der Waals surface area (Å²) in [6.07, 6.45) is 3.01. The average molecular weight is 458 g/mol. The fraction of sp³-hybridized carbons (Fsp3) is 0.478. The molecule has 1 aliphatic rings. The Morgan fingerprint density at radius 3 is 2.53 bits per heavy atom. The van der Waals surface area contributed by atoms with E-state index < -0.39 is 10.0 Å².